The van der Waals surface area contributed by atoms with Crippen LogP contribution in [0.4, 0.5) is 4.79 Å². The first-order chi connectivity index (χ1) is 15.4. The number of likely N-dealkylation sites (tertiary alicyclic amines) is 1. The summed E-state index contributed by atoms with van der Waals surface area (Å²) in [7, 11) is 3.08. The maximum atomic E-state index is 12.8. The Morgan fingerprint density at radius 2 is 1.78 bits per heavy atom. The zero-order valence-corrected chi connectivity index (χ0v) is 18.2. The van der Waals surface area contributed by atoms with E-state index in [0.29, 0.717) is 11.5 Å². The molecule has 0 spiro atoms. The highest BCUT2D eigenvalue weighted by Crippen LogP contribution is 2.30. The zero-order valence-electron chi connectivity index (χ0n) is 18.2. The number of hydrogen-bond donors (Lipinski definition) is 1. The van der Waals surface area contributed by atoms with Gasteiger partial charge in [0.2, 0.25) is 5.91 Å². The summed E-state index contributed by atoms with van der Waals surface area (Å²) in [6.45, 7) is 1.53. The number of methoxy groups -OCH3 is 2. The monoisotopic (exact) mass is 442 g/mol. The van der Waals surface area contributed by atoms with E-state index >= 15 is 0 Å². The molecular formula is C23H26N2O7. The average Bonchev–Trinajstić information content (AvgIpc) is 2.81. The molecule has 32 heavy (non-hydrogen) atoms. The number of β-lactam (4-membered cyclic amide) rings is 1. The minimum Gasteiger partial charge on any atom is -0.497 e. The van der Waals surface area contributed by atoms with Gasteiger partial charge in [-0.05, 0) is 17.7 Å². The Kier molecular flexibility index (Phi) is 7.54. The SMILES string of the molecule is COc1ccc(CN2C(=O)C(NC(=O)OCc3ccccc3)C2COC(C)=O)c(OC)c1. The lowest BCUT2D eigenvalue weighted by Gasteiger charge is -2.46. The Bertz CT molecular complexity index is 964. The Morgan fingerprint density at radius 1 is 1.03 bits per heavy atom. The molecular weight excluding hydrogens is 416 g/mol. The fourth-order valence-corrected chi connectivity index (χ4v) is 3.40. The van der Waals surface area contributed by atoms with Crippen LogP contribution < -0.4 is 14.8 Å². The second kappa shape index (κ2) is 10.5. The van der Waals surface area contributed by atoms with E-state index < -0.39 is 24.1 Å². The highest BCUT2D eigenvalue weighted by Gasteiger charge is 2.49. The first kappa shape index (κ1) is 22.9. The van der Waals surface area contributed by atoms with E-state index in [1.807, 2.05) is 30.3 Å². The lowest BCUT2D eigenvalue weighted by Crippen LogP contribution is -2.71. The number of ether oxygens (including phenoxy) is 4. The molecule has 3 rings (SSSR count). The van der Waals surface area contributed by atoms with Gasteiger partial charge in [0.1, 0.15) is 30.8 Å². The normalized spacial score (nSPS) is 17.2. The maximum Gasteiger partial charge on any atom is 0.408 e. The Hall–Kier alpha value is -3.75. The van der Waals surface area contributed by atoms with Gasteiger partial charge < -0.3 is 29.2 Å². The lowest BCUT2D eigenvalue weighted by atomic mass is 9.94. The van der Waals surface area contributed by atoms with E-state index in [2.05, 4.69) is 5.32 Å². The van der Waals surface area contributed by atoms with Crippen molar-refractivity contribution in [3.63, 3.8) is 0 Å². The van der Waals surface area contributed by atoms with Crippen LogP contribution in [0.3, 0.4) is 0 Å². The molecule has 0 radical (unpaired) electrons. The van der Waals surface area contributed by atoms with E-state index in [1.54, 1.807) is 25.3 Å². The Morgan fingerprint density at radius 3 is 2.44 bits per heavy atom. The predicted molar refractivity (Wildman–Crippen MR) is 114 cm³/mol. The summed E-state index contributed by atoms with van der Waals surface area (Å²) in [5, 5.41) is 2.58. The van der Waals surface area contributed by atoms with Crippen LogP contribution in [-0.4, -0.2) is 55.8 Å². The molecule has 2 aromatic carbocycles. The molecule has 170 valence electrons. The van der Waals surface area contributed by atoms with Crippen molar-refractivity contribution in [3.05, 3.63) is 59.7 Å². The molecule has 1 N–H and O–H groups in total. The van der Waals surface area contributed by atoms with Gasteiger partial charge in [-0.2, -0.15) is 0 Å². The van der Waals surface area contributed by atoms with E-state index in [4.69, 9.17) is 18.9 Å². The fourth-order valence-electron chi connectivity index (χ4n) is 3.40. The van der Waals surface area contributed by atoms with E-state index in [1.165, 1.54) is 18.9 Å². The second-order valence-electron chi connectivity index (χ2n) is 7.20. The molecule has 2 unspecified atom stereocenters. The van der Waals surface area contributed by atoms with Gasteiger partial charge in [0.25, 0.3) is 0 Å². The van der Waals surface area contributed by atoms with Crippen molar-refractivity contribution in [2.75, 3.05) is 20.8 Å². The minimum atomic E-state index is -0.859. The number of alkyl carbamates (subject to hydrolysis) is 1. The van der Waals surface area contributed by atoms with Crippen LogP contribution in [0.5, 0.6) is 11.5 Å². The van der Waals surface area contributed by atoms with E-state index in [9.17, 15) is 14.4 Å². The number of carbonyl (C=O) groups excluding carboxylic acids is 3. The Balaban J connectivity index is 1.66. The van der Waals surface area contributed by atoms with Crippen molar-refractivity contribution >= 4 is 18.0 Å². The second-order valence-corrected chi connectivity index (χ2v) is 7.20. The van der Waals surface area contributed by atoms with Crippen LogP contribution in [0.1, 0.15) is 18.1 Å². The number of esters is 1. The summed E-state index contributed by atoms with van der Waals surface area (Å²) < 4.78 is 20.9. The third-order valence-corrected chi connectivity index (χ3v) is 5.11. The van der Waals surface area contributed by atoms with Gasteiger partial charge >= 0.3 is 12.1 Å². The minimum absolute atomic E-state index is 0.0524. The first-order valence-electron chi connectivity index (χ1n) is 10.0. The van der Waals surface area contributed by atoms with Gasteiger partial charge in [-0.1, -0.05) is 30.3 Å². The number of nitrogens with one attached hydrogen (secondary N) is 1. The molecule has 0 aliphatic carbocycles. The topological polar surface area (TPSA) is 103 Å². The van der Waals surface area contributed by atoms with Crippen molar-refractivity contribution in [1.82, 2.24) is 10.2 Å². The number of nitrogens with zero attached hydrogens (tertiary/aromatic N) is 1. The number of carbonyl (C=O) groups is 3. The smallest absolute Gasteiger partial charge is 0.408 e. The van der Waals surface area contributed by atoms with Crippen molar-refractivity contribution < 1.29 is 33.3 Å². The molecule has 0 saturated carbocycles. The number of benzene rings is 2. The number of hydrogen-bond acceptors (Lipinski definition) is 7. The highest BCUT2D eigenvalue weighted by molar-refractivity contribution is 5.92. The molecule has 0 aromatic heterocycles. The third kappa shape index (κ3) is 5.48. The van der Waals surface area contributed by atoms with Gasteiger partial charge in [0.15, 0.2) is 0 Å². The maximum absolute atomic E-state index is 12.8. The molecule has 2 amide bonds. The third-order valence-electron chi connectivity index (χ3n) is 5.11. The molecule has 9 nitrogen and oxygen atoms in total. The van der Waals surface area contributed by atoms with E-state index in [0.717, 1.165) is 11.1 Å². The zero-order chi connectivity index (χ0) is 23.1. The summed E-state index contributed by atoms with van der Waals surface area (Å²) in [6.07, 6.45) is -0.721. The quantitative estimate of drug-likeness (QED) is 0.469. The van der Waals surface area contributed by atoms with Crippen LogP contribution in [-0.2, 0) is 32.2 Å². The molecule has 1 saturated heterocycles. The van der Waals surface area contributed by atoms with Gasteiger partial charge in [0.05, 0.1) is 20.3 Å². The summed E-state index contributed by atoms with van der Waals surface area (Å²) in [5.41, 5.74) is 1.58. The van der Waals surface area contributed by atoms with Gasteiger partial charge in [-0.3, -0.25) is 9.59 Å². The summed E-state index contributed by atoms with van der Waals surface area (Å²) in [5.74, 6) is 0.396. The number of amides is 2. The van der Waals surface area contributed by atoms with Crippen molar-refractivity contribution in [1.29, 1.82) is 0 Å². The molecule has 1 aliphatic heterocycles. The largest absolute Gasteiger partial charge is 0.497 e. The molecule has 2 atom stereocenters. The van der Waals surface area contributed by atoms with Gasteiger partial charge in [-0.25, -0.2) is 4.79 Å². The van der Waals surface area contributed by atoms with Crippen LogP contribution in [0.25, 0.3) is 0 Å². The number of rotatable bonds is 9. The molecule has 1 aliphatic rings. The van der Waals surface area contributed by atoms with Gasteiger partial charge in [0, 0.05) is 25.1 Å². The Labute approximate surface area is 186 Å². The summed E-state index contributed by atoms with van der Waals surface area (Å²) in [4.78, 5) is 37.9. The van der Waals surface area contributed by atoms with Crippen LogP contribution in [0.2, 0.25) is 0 Å². The molecule has 9 heteroatoms. The molecule has 2 aromatic rings. The van der Waals surface area contributed by atoms with Crippen molar-refractivity contribution in [2.24, 2.45) is 0 Å². The fraction of sp³-hybridized carbons (Fsp3) is 0.348. The van der Waals surface area contributed by atoms with Gasteiger partial charge in [-0.15, -0.1) is 0 Å². The van der Waals surface area contributed by atoms with Crippen molar-refractivity contribution in [3.8, 4) is 11.5 Å². The molecule has 1 fully saturated rings. The molecule has 1 heterocycles. The summed E-state index contributed by atoms with van der Waals surface area (Å²) in [6, 6.07) is 13.1. The van der Waals surface area contributed by atoms with Crippen LogP contribution in [0.15, 0.2) is 48.5 Å². The first-order valence-corrected chi connectivity index (χ1v) is 10.0. The lowest BCUT2D eigenvalue weighted by molar-refractivity contribution is -0.161. The van der Waals surface area contributed by atoms with Crippen LogP contribution in [0, 0.1) is 0 Å². The summed E-state index contributed by atoms with van der Waals surface area (Å²) >= 11 is 0. The standard InChI is InChI=1S/C23H26N2O7/c1-15(26)31-14-19-21(24-23(28)32-13-16-7-5-4-6-8-16)22(27)25(19)12-17-9-10-18(29-2)11-20(17)30-3/h4-11,19,21H,12-14H2,1-3H3,(H,24,28). The van der Waals surface area contributed by atoms with Crippen molar-refractivity contribution in [2.45, 2.75) is 32.2 Å². The average molecular weight is 442 g/mol. The van der Waals surface area contributed by atoms with Crippen LogP contribution >= 0.6 is 0 Å². The molecule has 0 bridgehead atoms. The predicted octanol–water partition coefficient (Wildman–Crippen LogP) is 2.27. The highest BCUT2D eigenvalue weighted by atomic mass is 16.5. The van der Waals surface area contributed by atoms with E-state index in [-0.39, 0.29) is 25.7 Å².